The van der Waals surface area contributed by atoms with Gasteiger partial charge in [-0.2, -0.15) is 5.10 Å². The smallest absolute Gasteiger partial charge is 0.0537 e. The molecule has 0 radical (unpaired) electrons. The highest BCUT2D eigenvalue weighted by atomic mass is 15.3. The first kappa shape index (κ1) is 13.1. The van der Waals surface area contributed by atoms with Gasteiger partial charge in [-0.25, -0.2) is 0 Å². The first-order chi connectivity index (χ1) is 9.17. The van der Waals surface area contributed by atoms with Crippen LogP contribution in [0.4, 0.5) is 0 Å². The van der Waals surface area contributed by atoms with Crippen molar-refractivity contribution in [2.45, 2.75) is 63.7 Å². The number of hydrogen-bond donors (Lipinski definition) is 1. The van der Waals surface area contributed by atoms with E-state index in [9.17, 15) is 0 Å². The Morgan fingerprint density at radius 2 is 2.11 bits per heavy atom. The largest absolute Gasteiger partial charge is 0.311 e. The minimum Gasteiger partial charge on any atom is -0.311 e. The zero-order valence-electron chi connectivity index (χ0n) is 12.3. The molecule has 2 aliphatic rings. The van der Waals surface area contributed by atoms with Crippen LogP contribution in [0, 0.1) is 0 Å². The minimum atomic E-state index is 0.473. The second kappa shape index (κ2) is 5.25. The normalized spacial score (nSPS) is 31.9. The van der Waals surface area contributed by atoms with Crippen molar-refractivity contribution in [2.24, 2.45) is 7.05 Å². The number of fused-ring (bicyclic) bond motifs is 2. The highest BCUT2D eigenvalue weighted by Gasteiger charge is 2.37. The Labute approximate surface area is 116 Å². The molecule has 2 aliphatic heterocycles. The lowest BCUT2D eigenvalue weighted by atomic mass is 9.96. The Kier molecular flexibility index (Phi) is 3.63. The van der Waals surface area contributed by atoms with Gasteiger partial charge in [0.05, 0.1) is 6.20 Å². The summed E-state index contributed by atoms with van der Waals surface area (Å²) in [5.41, 5.74) is 1.34. The quantitative estimate of drug-likeness (QED) is 0.902. The number of rotatable bonds is 4. The van der Waals surface area contributed by atoms with E-state index in [0.29, 0.717) is 6.04 Å². The van der Waals surface area contributed by atoms with Crippen molar-refractivity contribution in [3.8, 4) is 0 Å². The van der Waals surface area contributed by atoms with Gasteiger partial charge < -0.3 is 5.32 Å². The number of aromatic nitrogens is 2. The van der Waals surface area contributed by atoms with Gasteiger partial charge in [-0.15, -0.1) is 0 Å². The van der Waals surface area contributed by atoms with Gasteiger partial charge in [0, 0.05) is 43.0 Å². The summed E-state index contributed by atoms with van der Waals surface area (Å²) in [5, 5.41) is 8.06. The highest BCUT2D eigenvalue weighted by Crippen LogP contribution is 2.33. The summed E-state index contributed by atoms with van der Waals surface area (Å²) in [7, 11) is 2.00. The third-order valence-corrected chi connectivity index (χ3v) is 4.99. The van der Waals surface area contributed by atoms with Crippen LogP contribution in [0.5, 0.6) is 0 Å². The molecule has 1 aromatic rings. The average Bonchev–Trinajstić information content (AvgIpc) is 2.97. The number of hydrogen-bond acceptors (Lipinski definition) is 3. The van der Waals surface area contributed by atoms with E-state index in [2.05, 4.69) is 35.4 Å². The molecular formula is C15H26N4. The second-order valence-corrected chi connectivity index (χ2v) is 6.22. The maximum Gasteiger partial charge on any atom is 0.0537 e. The molecule has 3 rings (SSSR count). The molecule has 2 fully saturated rings. The monoisotopic (exact) mass is 262 g/mol. The molecule has 4 nitrogen and oxygen atoms in total. The molecule has 2 bridgehead atoms. The molecule has 3 heterocycles. The summed E-state index contributed by atoms with van der Waals surface area (Å²) >= 11 is 0. The summed E-state index contributed by atoms with van der Waals surface area (Å²) < 4.78 is 1.91. The van der Waals surface area contributed by atoms with Gasteiger partial charge in [0.15, 0.2) is 0 Å². The molecule has 0 spiro atoms. The standard InChI is InChI=1S/C15H26N4/c1-4-19(11(2)12-9-16-18(3)10-12)15-7-13-5-6-14(8-15)17-13/h9-11,13-15,17H,4-8H2,1-3H3. The van der Waals surface area contributed by atoms with Crippen LogP contribution in [0.25, 0.3) is 0 Å². The van der Waals surface area contributed by atoms with E-state index in [4.69, 9.17) is 0 Å². The van der Waals surface area contributed by atoms with Gasteiger partial charge >= 0.3 is 0 Å². The zero-order chi connectivity index (χ0) is 13.4. The Bertz CT molecular complexity index is 416. The Hall–Kier alpha value is -0.870. The second-order valence-electron chi connectivity index (χ2n) is 6.22. The van der Waals surface area contributed by atoms with Gasteiger partial charge in [0.2, 0.25) is 0 Å². The maximum atomic E-state index is 4.32. The van der Waals surface area contributed by atoms with E-state index in [1.165, 1.54) is 31.2 Å². The van der Waals surface area contributed by atoms with E-state index in [1.807, 2.05) is 17.9 Å². The van der Waals surface area contributed by atoms with Crippen LogP contribution in [0.2, 0.25) is 0 Å². The molecule has 1 aromatic heterocycles. The van der Waals surface area contributed by atoms with Crippen molar-refractivity contribution in [3.05, 3.63) is 18.0 Å². The maximum absolute atomic E-state index is 4.32. The van der Waals surface area contributed by atoms with Crippen LogP contribution in [0.3, 0.4) is 0 Å². The summed E-state index contributed by atoms with van der Waals surface area (Å²) in [6.07, 6.45) is 9.55. The van der Waals surface area contributed by atoms with Crippen molar-refractivity contribution >= 4 is 0 Å². The van der Waals surface area contributed by atoms with Crippen LogP contribution < -0.4 is 5.32 Å². The van der Waals surface area contributed by atoms with Crippen LogP contribution in [-0.4, -0.2) is 39.4 Å². The molecule has 106 valence electrons. The van der Waals surface area contributed by atoms with Gasteiger partial charge in [0.25, 0.3) is 0 Å². The zero-order valence-corrected chi connectivity index (χ0v) is 12.3. The number of nitrogens with one attached hydrogen (secondary N) is 1. The van der Waals surface area contributed by atoms with Crippen LogP contribution in [0.1, 0.15) is 51.1 Å². The predicted octanol–water partition coefficient (Wildman–Crippen LogP) is 2.09. The van der Waals surface area contributed by atoms with Crippen LogP contribution in [-0.2, 0) is 7.05 Å². The van der Waals surface area contributed by atoms with E-state index in [1.54, 1.807) is 0 Å². The molecule has 0 aromatic carbocycles. The van der Waals surface area contributed by atoms with Crippen LogP contribution >= 0.6 is 0 Å². The topological polar surface area (TPSA) is 33.1 Å². The minimum absolute atomic E-state index is 0.473. The van der Waals surface area contributed by atoms with E-state index in [-0.39, 0.29) is 0 Å². The molecule has 0 amide bonds. The van der Waals surface area contributed by atoms with Gasteiger partial charge in [-0.05, 0) is 39.2 Å². The SMILES string of the molecule is CCN(C1CC2CCC(C1)N2)C(C)c1cnn(C)c1. The third-order valence-electron chi connectivity index (χ3n) is 4.99. The lowest BCUT2D eigenvalue weighted by Crippen LogP contribution is -2.48. The molecular weight excluding hydrogens is 236 g/mol. The van der Waals surface area contributed by atoms with Crippen molar-refractivity contribution in [1.82, 2.24) is 20.0 Å². The van der Waals surface area contributed by atoms with Crippen molar-refractivity contribution in [2.75, 3.05) is 6.54 Å². The van der Waals surface area contributed by atoms with E-state index in [0.717, 1.165) is 24.7 Å². The van der Waals surface area contributed by atoms with Gasteiger partial charge in [-0.1, -0.05) is 6.92 Å². The van der Waals surface area contributed by atoms with Gasteiger partial charge in [-0.3, -0.25) is 9.58 Å². The third kappa shape index (κ3) is 2.56. The van der Waals surface area contributed by atoms with E-state index < -0.39 is 0 Å². The lowest BCUT2D eigenvalue weighted by molar-refractivity contribution is 0.107. The first-order valence-corrected chi connectivity index (χ1v) is 7.67. The molecule has 2 saturated heterocycles. The fourth-order valence-electron chi connectivity index (χ4n) is 3.99. The number of nitrogens with zero attached hydrogens (tertiary/aromatic N) is 3. The van der Waals surface area contributed by atoms with Gasteiger partial charge in [0.1, 0.15) is 0 Å². The Balaban J connectivity index is 1.73. The fraction of sp³-hybridized carbons (Fsp3) is 0.800. The summed E-state index contributed by atoms with van der Waals surface area (Å²) in [6, 6.07) is 2.73. The summed E-state index contributed by atoms with van der Waals surface area (Å²) in [4.78, 5) is 2.67. The van der Waals surface area contributed by atoms with E-state index >= 15 is 0 Å². The highest BCUT2D eigenvalue weighted by molar-refractivity contribution is 5.10. The summed E-state index contributed by atoms with van der Waals surface area (Å²) in [5.74, 6) is 0. The molecule has 3 unspecified atom stereocenters. The molecule has 0 saturated carbocycles. The molecule has 19 heavy (non-hydrogen) atoms. The first-order valence-electron chi connectivity index (χ1n) is 7.67. The summed E-state index contributed by atoms with van der Waals surface area (Å²) in [6.45, 7) is 5.74. The molecule has 1 N–H and O–H groups in total. The predicted molar refractivity (Wildman–Crippen MR) is 77.0 cm³/mol. The Morgan fingerprint density at radius 3 is 2.63 bits per heavy atom. The number of piperidine rings is 1. The lowest BCUT2D eigenvalue weighted by Gasteiger charge is -2.40. The van der Waals surface area contributed by atoms with Crippen LogP contribution in [0.15, 0.2) is 12.4 Å². The molecule has 4 heteroatoms. The molecule has 3 atom stereocenters. The number of aryl methyl sites for hydroxylation is 1. The van der Waals surface area contributed by atoms with Crippen molar-refractivity contribution in [3.63, 3.8) is 0 Å². The fourth-order valence-corrected chi connectivity index (χ4v) is 3.99. The van der Waals surface area contributed by atoms with Crippen molar-refractivity contribution < 1.29 is 0 Å². The average molecular weight is 262 g/mol. The Morgan fingerprint density at radius 1 is 1.42 bits per heavy atom. The molecule has 0 aliphatic carbocycles. The van der Waals surface area contributed by atoms with Crippen molar-refractivity contribution in [1.29, 1.82) is 0 Å².